The van der Waals surface area contributed by atoms with Crippen molar-refractivity contribution < 1.29 is 9.59 Å². The molecule has 1 aliphatic heterocycles. The first-order valence-corrected chi connectivity index (χ1v) is 6.98. The van der Waals surface area contributed by atoms with Gasteiger partial charge in [0.25, 0.3) is 0 Å². The van der Waals surface area contributed by atoms with Crippen LogP contribution in [0, 0.1) is 5.92 Å². The fourth-order valence-electron chi connectivity index (χ4n) is 2.29. The van der Waals surface area contributed by atoms with Crippen LogP contribution in [0.1, 0.15) is 26.7 Å². The van der Waals surface area contributed by atoms with E-state index in [-0.39, 0.29) is 11.9 Å². The van der Waals surface area contributed by atoms with E-state index in [1.165, 1.54) is 6.92 Å². The predicted octanol–water partition coefficient (Wildman–Crippen LogP) is 2.91. The van der Waals surface area contributed by atoms with E-state index in [9.17, 15) is 9.59 Å². The third kappa shape index (κ3) is 3.98. The van der Waals surface area contributed by atoms with Crippen molar-refractivity contribution in [3.63, 3.8) is 0 Å². The summed E-state index contributed by atoms with van der Waals surface area (Å²) in [5.74, 6) is 0.570. The Labute approximate surface area is 119 Å². The molecule has 0 aliphatic carbocycles. The molecule has 1 aromatic rings. The second kappa shape index (κ2) is 6.41. The van der Waals surface area contributed by atoms with Gasteiger partial charge in [-0.2, -0.15) is 0 Å². The fourth-order valence-corrected chi connectivity index (χ4v) is 2.29. The maximum atomic E-state index is 12.1. The number of amides is 3. The van der Waals surface area contributed by atoms with Crippen LogP contribution in [0.25, 0.3) is 0 Å². The molecule has 5 heteroatoms. The average Bonchev–Trinajstić information content (AvgIpc) is 2.39. The van der Waals surface area contributed by atoms with Crippen LogP contribution in [0.5, 0.6) is 0 Å². The van der Waals surface area contributed by atoms with Crippen LogP contribution in [0.3, 0.4) is 0 Å². The van der Waals surface area contributed by atoms with Crippen LogP contribution in [0.15, 0.2) is 24.3 Å². The monoisotopic (exact) mass is 275 g/mol. The first-order chi connectivity index (χ1) is 9.54. The summed E-state index contributed by atoms with van der Waals surface area (Å²) in [5, 5.41) is 5.58. The molecule has 0 radical (unpaired) electrons. The number of benzene rings is 1. The molecule has 5 nitrogen and oxygen atoms in total. The molecule has 1 saturated heterocycles. The van der Waals surface area contributed by atoms with Crippen LogP contribution < -0.4 is 10.6 Å². The van der Waals surface area contributed by atoms with E-state index < -0.39 is 0 Å². The molecule has 1 aliphatic rings. The molecule has 1 heterocycles. The summed E-state index contributed by atoms with van der Waals surface area (Å²) in [5.41, 5.74) is 1.38. The lowest BCUT2D eigenvalue weighted by Crippen LogP contribution is -2.40. The molecule has 20 heavy (non-hydrogen) atoms. The Bertz CT molecular complexity index is 494. The van der Waals surface area contributed by atoms with Gasteiger partial charge in [-0.25, -0.2) is 4.79 Å². The van der Waals surface area contributed by atoms with Crippen LogP contribution in [0.4, 0.5) is 16.2 Å². The summed E-state index contributed by atoms with van der Waals surface area (Å²) >= 11 is 0. The first-order valence-electron chi connectivity index (χ1n) is 6.98. The number of rotatable bonds is 2. The number of hydrogen-bond acceptors (Lipinski definition) is 2. The van der Waals surface area contributed by atoms with Gasteiger partial charge in [0, 0.05) is 31.4 Å². The minimum Gasteiger partial charge on any atom is -0.326 e. The van der Waals surface area contributed by atoms with Gasteiger partial charge in [0.15, 0.2) is 0 Å². The van der Waals surface area contributed by atoms with E-state index in [0.717, 1.165) is 25.9 Å². The van der Waals surface area contributed by atoms with Crippen LogP contribution in [-0.4, -0.2) is 29.9 Å². The number of hydrogen-bond donors (Lipinski definition) is 2. The normalized spacial score (nSPS) is 15.8. The lowest BCUT2D eigenvalue weighted by Gasteiger charge is -2.30. The highest BCUT2D eigenvalue weighted by Gasteiger charge is 2.20. The second-order valence-corrected chi connectivity index (χ2v) is 5.36. The van der Waals surface area contributed by atoms with Gasteiger partial charge in [0.05, 0.1) is 0 Å². The molecule has 2 N–H and O–H groups in total. The number of nitrogens with zero attached hydrogens (tertiary/aromatic N) is 1. The highest BCUT2D eigenvalue weighted by Crippen LogP contribution is 2.19. The van der Waals surface area contributed by atoms with E-state index in [0.29, 0.717) is 17.3 Å². The predicted molar refractivity (Wildman–Crippen MR) is 79.7 cm³/mol. The van der Waals surface area contributed by atoms with Crippen LogP contribution in [0.2, 0.25) is 0 Å². The van der Waals surface area contributed by atoms with Gasteiger partial charge in [-0.15, -0.1) is 0 Å². The molecular weight excluding hydrogens is 254 g/mol. The highest BCUT2D eigenvalue weighted by atomic mass is 16.2. The Balaban J connectivity index is 1.95. The average molecular weight is 275 g/mol. The standard InChI is InChI=1S/C15H21N3O2/c1-11-6-8-18(9-7-11)15(20)17-14-5-3-4-13(10-14)16-12(2)19/h3-5,10-11H,6-9H2,1-2H3,(H,16,19)(H,17,20). The Hall–Kier alpha value is -2.04. The fraction of sp³-hybridized carbons (Fsp3) is 0.467. The largest absolute Gasteiger partial charge is 0.326 e. The van der Waals surface area contributed by atoms with Crippen molar-refractivity contribution in [2.45, 2.75) is 26.7 Å². The van der Waals surface area contributed by atoms with Crippen molar-refractivity contribution in [1.82, 2.24) is 4.90 Å². The van der Waals surface area contributed by atoms with Gasteiger partial charge in [-0.1, -0.05) is 13.0 Å². The summed E-state index contributed by atoms with van der Waals surface area (Å²) in [4.78, 5) is 25.0. The zero-order chi connectivity index (χ0) is 14.5. The number of piperidine rings is 1. The molecule has 0 bridgehead atoms. The maximum Gasteiger partial charge on any atom is 0.321 e. The number of urea groups is 1. The number of nitrogens with one attached hydrogen (secondary N) is 2. The Morgan fingerprint density at radius 1 is 1.15 bits per heavy atom. The Morgan fingerprint density at radius 3 is 2.35 bits per heavy atom. The highest BCUT2D eigenvalue weighted by molar-refractivity contribution is 5.92. The lowest BCUT2D eigenvalue weighted by atomic mass is 10.00. The zero-order valence-corrected chi connectivity index (χ0v) is 12.0. The van der Waals surface area contributed by atoms with E-state index in [2.05, 4.69) is 17.6 Å². The van der Waals surface area contributed by atoms with E-state index in [1.54, 1.807) is 18.2 Å². The van der Waals surface area contributed by atoms with Crippen LogP contribution in [-0.2, 0) is 4.79 Å². The molecule has 108 valence electrons. The van der Waals surface area contributed by atoms with Crippen molar-refractivity contribution in [3.8, 4) is 0 Å². The summed E-state index contributed by atoms with van der Waals surface area (Å²) in [6.07, 6.45) is 2.11. The smallest absolute Gasteiger partial charge is 0.321 e. The quantitative estimate of drug-likeness (QED) is 0.871. The van der Waals surface area contributed by atoms with E-state index in [4.69, 9.17) is 0 Å². The topological polar surface area (TPSA) is 61.4 Å². The zero-order valence-electron chi connectivity index (χ0n) is 12.0. The molecule has 0 spiro atoms. The number of carbonyl (C=O) groups is 2. The number of carbonyl (C=O) groups excluding carboxylic acids is 2. The minimum atomic E-state index is -0.126. The van der Waals surface area contributed by atoms with Crippen LogP contribution >= 0.6 is 0 Å². The van der Waals surface area contributed by atoms with Gasteiger partial charge in [0.1, 0.15) is 0 Å². The number of likely N-dealkylation sites (tertiary alicyclic amines) is 1. The van der Waals surface area contributed by atoms with E-state index >= 15 is 0 Å². The van der Waals surface area contributed by atoms with Gasteiger partial charge in [0.2, 0.25) is 5.91 Å². The SMILES string of the molecule is CC(=O)Nc1cccc(NC(=O)N2CCC(C)CC2)c1. The Kier molecular flexibility index (Phi) is 4.61. The molecule has 3 amide bonds. The molecule has 2 rings (SSSR count). The van der Waals surface area contributed by atoms with Crippen molar-refractivity contribution in [2.75, 3.05) is 23.7 Å². The molecule has 0 saturated carbocycles. The summed E-state index contributed by atoms with van der Waals surface area (Å²) in [6, 6.07) is 7.09. The van der Waals surface area contributed by atoms with Gasteiger partial charge in [-0.3, -0.25) is 4.79 Å². The molecule has 0 aromatic heterocycles. The third-order valence-corrected chi connectivity index (χ3v) is 3.51. The van der Waals surface area contributed by atoms with Crippen molar-refractivity contribution in [3.05, 3.63) is 24.3 Å². The molecule has 1 fully saturated rings. The lowest BCUT2D eigenvalue weighted by molar-refractivity contribution is -0.114. The molecular formula is C15H21N3O2. The van der Waals surface area contributed by atoms with Gasteiger partial charge >= 0.3 is 6.03 Å². The van der Waals surface area contributed by atoms with Gasteiger partial charge < -0.3 is 15.5 Å². The maximum absolute atomic E-state index is 12.1. The number of anilines is 2. The molecule has 1 aromatic carbocycles. The minimum absolute atomic E-state index is 0.0723. The summed E-state index contributed by atoms with van der Waals surface area (Å²) in [6.45, 7) is 5.28. The first kappa shape index (κ1) is 14.4. The Morgan fingerprint density at radius 2 is 1.75 bits per heavy atom. The summed E-state index contributed by atoms with van der Waals surface area (Å²) in [7, 11) is 0. The van der Waals surface area contributed by atoms with Crippen molar-refractivity contribution in [1.29, 1.82) is 0 Å². The second-order valence-electron chi connectivity index (χ2n) is 5.36. The van der Waals surface area contributed by atoms with Crippen molar-refractivity contribution in [2.24, 2.45) is 5.92 Å². The molecule has 0 atom stereocenters. The third-order valence-electron chi connectivity index (χ3n) is 3.51. The summed E-state index contributed by atoms with van der Waals surface area (Å²) < 4.78 is 0. The van der Waals surface area contributed by atoms with Crippen molar-refractivity contribution >= 4 is 23.3 Å². The van der Waals surface area contributed by atoms with Gasteiger partial charge in [-0.05, 0) is 37.0 Å². The van der Waals surface area contributed by atoms with E-state index in [1.807, 2.05) is 11.0 Å². The molecule has 0 unspecified atom stereocenters.